The van der Waals surface area contributed by atoms with Crippen LogP contribution in [0.3, 0.4) is 0 Å². The second-order valence-corrected chi connectivity index (χ2v) is 5.78. The molecule has 0 atom stereocenters. The predicted molar refractivity (Wildman–Crippen MR) is 56.0 cm³/mol. The molecule has 0 aliphatic rings. The molecular weight excluding hydrogens is 220 g/mol. The fraction of sp³-hybridized carbons (Fsp3) is 0.667. The van der Waals surface area contributed by atoms with Crippen LogP contribution in [0.1, 0.15) is 26.7 Å². The van der Waals surface area contributed by atoms with E-state index in [0.717, 1.165) is 0 Å². The van der Waals surface area contributed by atoms with Crippen molar-refractivity contribution in [1.29, 1.82) is 0 Å². The maximum Gasteiger partial charge on any atom is 0.306 e. The minimum Gasteiger partial charge on any atom is -0.464 e. The van der Waals surface area contributed by atoms with Gasteiger partial charge in [0.05, 0.1) is 0 Å². The Labute approximate surface area is 89.9 Å². The van der Waals surface area contributed by atoms with Gasteiger partial charge in [-0.05, 0) is 20.3 Å². The molecule has 0 heterocycles. The number of allylic oxidation sites excluding steroid dienone is 1. The van der Waals surface area contributed by atoms with E-state index < -0.39 is 20.8 Å². The molecule has 0 saturated carbocycles. The minimum atomic E-state index is -4.22. The van der Waals surface area contributed by atoms with Gasteiger partial charge in [-0.15, -0.1) is 6.58 Å². The molecule has 0 aromatic rings. The summed E-state index contributed by atoms with van der Waals surface area (Å²) in [4.78, 5) is 11.0. The Morgan fingerprint density at radius 3 is 2.47 bits per heavy atom. The van der Waals surface area contributed by atoms with Crippen molar-refractivity contribution < 1.29 is 22.5 Å². The van der Waals surface area contributed by atoms with E-state index in [2.05, 4.69) is 6.58 Å². The third kappa shape index (κ3) is 4.94. The number of esters is 1. The maximum absolute atomic E-state index is 11.0. The average molecular weight is 236 g/mol. The number of hydrogen-bond acceptors (Lipinski definition) is 4. The van der Waals surface area contributed by atoms with E-state index in [1.54, 1.807) is 6.08 Å². The lowest BCUT2D eigenvalue weighted by Crippen LogP contribution is -2.37. The third-order valence-corrected chi connectivity index (χ3v) is 3.35. The Morgan fingerprint density at radius 2 is 2.07 bits per heavy atom. The largest absolute Gasteiger partial charge is 0.464 e. The molecule has 1 N–H and O–H groups in total. The van der Waals surface area contributed by atoms with Gasteiger partial charge in [-0.25, -0.2) is 0 Å². The van der Waals surface area contributed by atoms with Crippen molar-refractivity contribution in [3.8, 4) is 0 Å². The summed E-state index contributed by atoms with van der Waals surface area (Å²) in [6.45, 7) is 5.64. The number of rotatable bonds is 6. The van der Waals surface area contributed by atoms with Crippen LogP contribution in [0.4, 0.5) is 0 Å². The van der Waals surface area contributed by atoms with Crippen molar-refractivity contribution in [2.24, 2.45) is 0 Å². The van der Waals surface area contributed by atoms with Crippen molar-refractivity contribution >= 4 is 16.1 Å². The predicted octanol–water partition coefficient (Wildman–Crippen LogP) is 1.16. The normalized spacial score (nSPS) is 12.2. The first kappa shape index (κ1) is 14.1. The molecule has 0 spiro atoms. The molecule has 0 unspecified atom stereocenters. The van der Waals surface area contributed by atoms with Crippen LogP contribution >= 0.6 is 0 Å². The fourth-order valence-corrected chi connectivity index (χ4v) is 0.829. The highest BCUT2D eigenvalue weighted by Gasteiger charge is 2.34. The van der Waals surface area contributed by atoms with Gasteiger partial charge in [-0.2, -0.15) is 8.42 Å². The molecule has 5 nitrogen and oxygen atoms in total. The highest BCUT2D eigenvalue weighted by molar-refractivity contribution is 7.87. The summed E-state index contributed by atoms with van der Waals surface area (Å²) in [6, 6.07) is 0. The lowest BCUT2D eigenvalue weighted by molar-refractivity contribution is -0.144. The van der Waals surface area contributed by atoms with Crippen molar-refractivity contribution in [3.05, 3.63) is 12.7 Å². The average Bonchev–Trinajstić information content (AvgIpc) is 2.09. The summed E-state index contributed by atoms with van der Waals surface area (Å²) < 4.78 is 33.7. The van der Waals surface area contributed by atoms with E-state index in [1.807, 2.05) is 0 Å². The SMILES string of the molecule is C=CCCC(=O)OCC(C)(C)S(=O)(=O)O. The number of carbonyl (C=O) groups is 1. The highest BCUT2D eigenvalue weighted by Crippen LogP contribution is 2.15. The summed E-state index contributed by atoms with van der Waals surface area (Å²) in [6.07, 6.45) is 2.20. The Kier molecular flexibility index (Phi) is 4.96. The molecule has 0 aliphatic heterocycles. The van der Waals surface area contributed by atoms with Crippen LogP contribution in [-0.4, -0.2) is 30.3 Å². The van der Waals surface area contributed by atoms with E-state index >= 15 is 0 Å². The molecule has 0 fully saturated rings. The first-order valence-corrected chi connectivity index (χ1v) is 5.88. The molecule has 6 heteroatoms. The number of carbonyl (C=O) groups excluding carboxylic acids is 1. The molecule has 0 bridgehead atoms. The van der Waals surface area contributed by atoms with Crippen LogP contribution in [0.2, 0.25) is 0 Å². The van der Waals surface area contributed by atoms with Crippen molar-refractivity contribution in [2.45, 2.75) is 31.4 Å². The van der Waals surface area contributed by atoms with E-state index in [0.29, 0.717) is 6.42 Å². The van der Waals surface area contributed by atoms with Gasteiger partial charge in [-0.1, -0.05) is 6.08 Å². The molecule has 0 rings (SSSR count). The lowest BCUT2D eigenvalue weighted by Gasteiger charge is -2.20. The smallest absolute Gasteiger partial charge is 0.306 e. The Morgan fingerprint density at radius 1 is 1.53 bits per heavy atom. The number of ether oxygens (including phenoxy) is 1. The zero-order chi connectivity index (χ0) is 12.1. The third-order valence-electron chi connectivity index (χ3n) is 1.83. The highest BCUT2D eigenvalue weighted by atomic mass is 32.2. The minimum absolute atomic E-state index is 0.158. The van der Waals surface area contributed by atoms with Gasteiger partial charge in [0.25, 0.3) is 10.1 Å². The van der Waals surface area contributed by atoms with Crippen molar-refractivity contribution in [3.63, 3.8) is 0 Å². The summed E-state index contributed by atoms with van der Waals surface area (Å²) in [5, 5.41) is 0. The van der Waals surface area contributed by atoms with Crippen molar-refractivity contribution in [1.82, 2.24) is 0 Å². The molecule has 88 valence electrons. The summed E-state index contributed by atoms with van der Waals surface area (Å²) in [5.74, 6) is -0.508. The van der Waals surface area contributed by atoms with Crippen LogP contribution in [-0.2, 0) is 19.6 Å². The van der Waals surface area contributed by atoms with Crippen LogP contribution in [0.25, 0.3) is 0 Å². The zero-order valence-electron chi connectivity index (χ0n) is 8.89. The maximum atomic E-state index is 11.0. The van der Waals surface area contributed by atoms with Gasteiger partial charge in [0.2, 0.25) is 0 Å². The molecule has 0 aromatic heterocycles. The van der Waals surface area contributed by atoms with Gasteiger partial charge in [0.1, 0.15) is 11.4 Å². The topological polar surface area (TPSA) is 80.7 Å². The Hall–Kier alpha value is -0.880. The van der Waals surface area contributed by atoms with Gasteiger partial charge < -0.3 is 4.74 Å². The molecule has 15 heavy (non-hydrogen) atoms. The van der Waals surface area contributed by atoms with Crippen molar-refractivity contribution in [2.75, 3.05) is 6.61 Å². The fourth-order valence-electron chi connectivity index (χ4n) is 0.621. The van der Waals surface area contributed by atoms with E-state index in [9.17, 15) is 13.2 Å². The molecule has 0 radical (unpaired) electrons. The molecule has 0 aromatic carbocycles. The second kappa shape index (κ2) is 5.27. The summed E-state index contributed by atoms with van der Waals surface area (Å²) >= 11 is 0. The van der Waals surface area contributed by atoms with E-state index in [4.69, 9.17) is 9.29 Å². The lowest BCUT2D eigenvalue weighted by atomic mass is 10.2. The van der Waals surface area contributed by atoms with Gasteiger partial charge in [0.15, 0.2) is 0 Å². The number of hydrogen-bond donors (Lipinski definition) is 1. The Balaban J connectivity index is 4.16. The van der Waals surface area contributed by atoms with E-state index in [-0.39, 0.29) is 13.0 Å². The first-order chi connectivity index (χ1) is 6.70. The molecule has 0 saturated heterocycles. The van der Waals surface area contributed by atoms with Crippen LogP contribution < -0.4 is 0 Å². The van der Waals surface area contributed by atoms with Gasteiger partial charge in [-0.3, -0.25) is 9.35 Å². The summed E-state index contributed by atoms with van der Waals surface area (Å²) in [7, 11) is -4.22. The molecule has 0 aliphatic carbocycles. The second-order valence-electron chi connectivity index (χ2n) is 3.72. The monoisotopic (exact) mass is 236 g/mol. The standard InChI is InChI=1S/C9H16O5S/c1-4-5-6-8(10)14-7-9(2,3)15(11,12)13/h4H,1,5-7H2,2-3H3,(H,11,12,13). The van der Waals surface area contributed by atoms with E-state index in [1.165, 1.54) is 13.8 Å². The van der Waals surface area contributed by atoms with Gasteiger partial charge >= 0.3 is 5.97 Å². The molecule has 0 amide bonds. The quantitative estimate of drug-likeness (QED) is 0.425. The Bertz CT molecular complexity index is 328. The zero-order valence-corrected chi connectivity index (χ0v) is 9.71. The van der Waals surface area contributed by atoms with Crippen LogP contribution in [0.5, 0.6) is 0 Å². The van der Waals surface area contributed by atoms with Crippen LogP contribution in [0.15, 0.2) is 12.7 Å². The summed E-state index contributed by atoms with van der Waals surface area (Å²) in [5.41, 5.74) is 0. The van der Waals surface area contributed by atoms with Crippen LogP contribution in [0, 0.1) is 0 Å². The van der Waals surface area contributed by atoms with Gasteiger partial charge in [0, 0.05) is 6.42 Å². The molecular formula is C9H16O5S. The first-order valence-electron chi connectivity index (χ1n) is 4.44.